The highest BCUT2D eigenvalue weighted by Gasteiger charge is 2.44. The van der Waals surface area contributed by atoms with Gasteiger partial charge in [-0.3, -0.25) is 9.69 Å². The van der Waals surface area contributed by atoms with E-state index >= 15 is 0 Å². The lowest BCUT2D eigenvalue weighted by Crippen LogP contribution is -2.46. The van der Waals surface area contributed by atoms with Crippen molar-refractivity contribution < 1.29 is 28.5 Å². The molecule has 0 spiro atoms. The predicted molar refractivity (Wildman–Crippen MR) is 99.6 cm³/mol. The summed E-state index contributed by atoms with van der Waals surface area (Å²) in [7, 11) is 0. The minimum atomic E-state index is -4.46. The number of halogens is 3. The number of anilines is 2. The second-order valence-corrected chi connectivity index (χ2v) is 6.38. The van der Waals surface area contributed by atoms with Crippen molar-refractivity contribution in [1.29, 1.82) is 0 Å². The van der Waals surface area contributed by atoms with Crippen molar-refractivity contribution in [2.75, 3.05) is 16.6 Å². The smallest absolute Gasteiger partial charge is 0.416 e. The Morgan fingerprint density at radius 3 is 2.31 bits per heavy atom. The molecule has 1 amide bonds. The molecule has 2 heterocycles. The number of fused-ring (bicyclic) bond motifs is 3. The van der Waals surface area contributed by atoms with Crippen molar-refractivity contribution >= 4 is 17.3 Å². The van der Waals surface area contributed by atoms with E-state index in [1.165, 1.54) is 22.0 Å². The number of rotatable bonds is 3. The molecule has 0 bridgehead atoms. The fourth-order valence-electron chi connectivity index (χ4n) is 3.24. The topological polar surface area (TPSA) is 92.6 Å². The molecular weight excluding hydrogens is 389 g/mol. The molecule has 0 saturated heterocycles. The van der Waals surface area contributed by atoms with Gasteiger partial charge in [0.25, 0.3) is 11.8 Å². The van der Waals surface area contributed by atoms with Crippen LogP contribution in [0.5, 0.6) is 0 Å². The van der Waals surface area contributed by atoms with Crippen LogP contribution in [0.25, 0.3) is 0 Å². The summed E-state index contributed by atoms with van der Waals surface area (Å²) in [6.07, 6.45) is -3.80. The second kappa shape index (κ2) is 7.30. The van der Waals surface area contributed by atoms with Gasteiger partial charge >= 0.3 is 6.18 Å². The second-order valence-electron chi connectivity index (χ2n) is 6.38. The van der Waals surface area contributed by atoms with Gasteiger partial charge in [0.1, 0.15) is 0 Å². The molecule has 7 nitrogen and oxygen atoms in total. The van der Waals surface area contributed by atoms with E-state index < -0.39 is 11.7 Å². The molecular formula is C19H18F3N4O3. The Kier molecular flexibility index (Phi) is 5.16. The number of amides is 1. The van der Waals surface area contributed by atoms with E-state index in [0.29, 0.717) is 24.2 Å². The maximum Gasteiger partial charge on any atom is 0.416 e. The molecule has 0 atom stereocenters. The summed E-state index contributed by atoms with van der Waals surface area (Å²) in [5.74, 6) is -0.402. The van der Waals surface area contributed by atoms with Crippen molar-refractivity contribution in [2.45, 2.75) is 19.5 Å². The number of para-hydroxylation sites is 1. The van der Waals surface area contributed by atoms with E-state index in [4.69, 9.17) is 0 Å². The molecule has 2 aliphatic rings. The van der Waals surface area contributed by atoms with Gasteiger partial charge in [-0.25, -0.2) is 10.0 Å². The van der Waals surface area contributed by atoms with E-state index in [-0.39, 0.29) is 28.8 Å². The first-order valence-electron chi connectivity index (χ1n) is 8.66. The van der Waals surface area contributed by atoms with Gasteiger partial charge < -0.3 is 10.6 Å². The minimum absolute atomic E-state index is 0. The van der Waals surface area contributed by atoms with Gasteiger partial charge in [-0.05, 0) is 48.4 Å². The number of carbonyl (C=O) groups excluding carboxylic acids is 1. The van der Waals surface area contributed by atoms with E-state index in [1.54, 1.807) is 24.3 Å². The molecule has 4 rings (SSSR count). The first kappa shape index (κ1) is 20.5. The highest BCUT2D eigenvalue weighted by Crippen LogP contribution is 2.39. The van der Waals surface area contributed by atoms with Crippen LogP contribution in [0, 0.1) is 0 Å². The molecule has 10 heteroatoms. The van der Waals surface area contributed by atoms with Gasteiger partial charge in [0.2, 0.25) is 0 Å². The minimum Gasteiger partial charge on any atom is -0.491 e. The highest BCUT2D eigenvalue weighted by atomic mass is 19.4. The van der Waals surface area contributed by atoms with E-state index in [2.05, 4.69) is 5.53 Å². The summed E-state index contributed by atoms with van der Waals surface area (Å²) >= 11 is 0. The zero-order chi connectivity index (χ0) is 20.1. The van der Waals surface area contributed by atoms with Gasteiger partial charge in [0.15, 0.2) is 5.82 Å². The van der Waals surface area contributed by atoms with E-state index in [1.807, 2.05) is 6.92 Å². The Morgan fingerprint density at radius 2 is 1.69 bits per heavy atom. The summed E-state index contributed by atoms with van der Waals surface area (Å²) in [4.78, 5) is 14.3. The van der Waals surface area contributed by atoms with E-state index in [0.717, 1.165) is 17.1 Å². The number of aliphatic hydroxyl groups is 1. The third-order valence-electron chi connectivity index (χ3n) is 4.53. The third kappa shape index (κ3) is 3.26. The molecule has 1 radical (unpaired) electrons. The molecule has 2 aromatic carbocycles. The van der Waals surface area contributed by atoms with Crippen LogP contribution in [0.2, 0.25) is 0 Å². The zero-order valence-electron chi connectivity index (χ0n) is 15.3. The largest absolute Gasteiger partial charge is 0.491 e. The number of hydrogen-bond acceptors (Lipinski definition) is 4. The van der Waals surface area contributed by atoms with Crippen LogP contribution in [-0.2, 0) is 6.18 Å². The van der Waals surface area contributed by atoms with Gasteiger partial charge in [-0.15, -0.1) is 0 Å². The highest BCUT2D eigenvalue weighted by molar-refractivity contribution is 6.04. The number of aliphatic hydroxyl groups excluding tert-OH is 1. The molecule has 0 unspecified atom stereocenters. The maximum absolute atomic E-state index is 12.9. The summed E-state index contributed by atoms with van der Waals surface area (Å²) in [6, 6.07) is 11.1. The van der Waals surface area contributed by atoms with Crippen LogP contribution in [0.1, 0.15) is 29.3 Å². The SMILES string of the molecule is CCCN1C(=O)c2ccccc2N2[N]N(c3ccc(C(F)(F)F)cc3)C(O)=C12.O. The zero-order valence-corrected chi connectivity index (χ0v) is 15.3. The molecule has 153 valence electrons. The molecule has 0 aromatic heterocycles. The van der Waals surface area contributed by atoms with Gasteiger partial charge in [-0.1, -0.05) is 19.1 Å². The van der Waals surface area contributed by atoms with Crippen molar-refractivity contribution in [3.8, 4) is 0 Å². The monoisotopic (exact) mass is 407 g/mol. The Morgan fingerprint density at radius 1 is 1.03 bits per heavy atom. The number of carbonyl (C=O) groups is 1. The van der Waals surface area contributed by atoms with Gasteiger partial charge in [-0.2, -0.15) is 13.2 Å². The van der Waals surface area contributed by atoms with Crippen LogP contribution in [0.4, 0.5) is 24.5 Å². The summed E-state index contributed by atoms with van der Waals surface area (Å²) < 4.78 is 38.4. The first-order valence-corrected chi connectivity index (χ1v) is 8.66. The van der Waals surface area contributed by atoms with Crippen LogP contribution in [0.15, 0.2) is 60.2 Å². The summed E-state index contributed by atoms with van der Waals surface area (Å²) in [6.45, 7) is 2.26. The average Bonchev–Trinajstić information content (AvgIpc) is 3.02. The molecule has 0 aliphatic carbocycles. The maximum atomic E-state index is 12.9. The quantitative estimate of drug-likeness (QED) is 0.846. The van der Waals surface area contributed by atoms with Crippen LogP contribution in [0.3, 0.4) is 0 Å². The van der Waals surface area contributed by atoms with E-state index in [9.17, 15) is 23.1 Å². The number of alkyl halides is 3. The first-order chi connectivity index (χ1) is 13.3. The summed E-state index contributed by atoms with van der Waals surface area (Å²) in [5.41, 5.74) is 4.71. The Labute approximate surface area is 164 Å². The molecule has 0 fully saturated rings. The fourth-order valence-corrected chi connectivity index (χ4v) is 3.24. The lowest BCUT2D eigenvalue weighted by atomic mass is 10.1. The van der Waals surface area contributed by atoms with Crippen molar-refractivity contribution in [2.24, 2.45) is 0 Å². The standard InChI is InChI=1S/C19H16F3N4O2.H2O/c1-2-11-24-16-18(28)25(13-9-7-12(8-10-13)19(20,21)22)23-26(16)15-6-4-3-5-14(15)17(24)27;/h3-10,28H,2,11H2,1H3;1H2. The lowest BCUT2D eigenvalue weighted by Gasteiger charge is -2.34. The van der Waals surface area contributed by atoms with Crippen molar-refractivity contribution in [3.05, 3.63) is 71.4 Å². The molecule has 29 heavy (non-hydrogen) atoms. The van der Waals surface area contributed by atoms with Gasteiger partial charge in [0.05, 0.1) is 22.5 Å². The van der Waals surface area contributed by atoms with Crippen molar-refractivity contribution in [1.82, 2.24) is 10.4 Å². The number of hydrogen-bond donors (Lipinski definition) is 1. The third-order valence-corrected chi connectivity index (χ3v) is 4.53. The Balaban J connectivity index is 0.00000240. The predicted octanol–water partition coefficient (Wildman–Crippen LogP) is 3.19. The number of benzene rings is 2. The molecule has 2 aliphatic heterocycles. The van der Waals surface area contributed by atoms with Crippen LogP contribution >= 0.6 is 0 Å². The van der Waals surface area contributed by atoms with Crippen LogP contribution in [-0.4, -0.2) is 27.9 Å². The molecule has 0 saturated carbocycles. The molecule has 3 N–H and O–H groups in total. The Bertz CT molecular complexity index is 960. The van der Waals surface area contributed by atoms with Crippen molar-refractivity contribution in [3.63, 3.8) is 0 Å². The lowest BCUT2D eigenvalue weighted by molar-refractivity contribution is -0.137. The normalized spacial score (nSPS) is 16.0. The fraction of sp³-hybridized carbons (Fsp3) is 0.211. The summed E-state index contributed by atoms with van der Waals surface area (Å²) in [5, 5.41) is 13.3. The Hall–Kier alpha value is -3.24. The molecule has 2 aromatic rings. The number of nitrogens with zero attached hydrogens (tertiary/aromatic N) is 4. The van der Waals surface area contributed by atoms with Gasteiger partial charge in [0, 0.05) is 6.54 Å². The van der Waals surface area contributed by atoms with Crippen LogP contribution < -0.4 is 15.6 Å². The average molecular weight is 407 g/mol.